The van der Waals surface area contributed by atoms with E-state index >= 15 is 0 Å². The van der Waals surface area contributed by atoms with Gasteiger partial charge >= 0.3 is 0 Å². The molecule has 98 valence electrons. The van der Waals surface area contributed by atoms with Crippen LogP contribution in [-0.2, 0) is 0 Å². The molecule has 5 heteroatoms. The Kier molecular flexibility index (Phi) is 4.02. The Morgan fingerprint density at radius 1 is 1.56 bits per heavy atom. The minimum absolute atomic E-state index is 0.0735. The Balaban J connectivity index is 1.96. The van der Waals surface area contributed by atoms with E-state index in [1.807, 2.05) is 6.92 Å². The molecule has 0 atom stereocenters. The first-order valence-electron chi connectivity index (χ1n) is 6.28. The molecule has 1 fully saturated rings. The van der Waals surface area contributed by atoms with Gasteiger partial charge in [-0.05, 0) is 25.3 Å². The van der Waals surface area contributed by atoms with Crippen molar-refractivity contribution in [1.29, 1.82) is 0 Å². The van der Waals surface area contributed by atoms with Crippen molar-refractivity contribution in [3.05, 3.63) is 23.4 Å². The molecule has 1 heterocycles. The fraction of sp³-hybridized carbons (Fsp3) is 0.538. The Hall–Kier alpha value is -1.78. The highest BCUT2D eigenvalue weighted by Gasteiger charge is 2.17. The van der Waals surface area contributed by atoms with Crippen molar-refractivity contribution in [3.8, 4) is 5.88 Å². The Bertz CT molecular complexity index is 442. The molecular weight excluding hydrogens is 230 g/mol. The zero-order valence-corrected chi connectivity index (χ0v) is 10.6. The summed E-state index contributed by atoms with van der Waals surface area (Å²) in [5.41, 5.74) is 6.97. The summed E-state index contributed by atoms with van der Waals surface area (Å²) in [5, 5.41) is 11.6. The third kappa shape index (κ3) is 3.12. The van der Waals surface area contributed by atoms with Gasteiger partial charge in [-0.2, -0.15) is 0 Å². The molecule has 5 nitrogen and oxygen atoms in total. The second-order valence-corrected chi connectivity index (χ2v) is 4.75. The first-order valence-corrected chi connectivity index (χ1v) is 6.28. The molecule has 0 unspecified atom stereocenters. The molecule has 1 aliphatic carbocycles. The van der Waals surface area contributed by atoms with E-state index in [9.17, 15) is 0 Å². The molecule has 0 radical (unpaired) electrons. The van der Waals surface area contributed by atoms with Crippen LogP contribution in [0.5, 0.6) is 5.88 Å². The fourth-order valence-electron chi connectivity index (χ4n) is 2.03. The van der Waals surface area contributed by atoms with Gasteiger partial charge in [0, 0.05) is 17.3 Å². The lowest BCUT2D eigenvalue weighted by Gasteiger charge is -2.24. The van der Waals surface area contributed by atoms with Crippen LogP contribution in [0.2, 0.25) is 0 Å². The van der Waals surface area contributed by atoms with E-state index in [0.717, 1.165) is 18.0 Å². The number of ether oxygens (including phenoxy) is 1. The lowest BCUT2D eigenvalue weighted by Crippen LogP contribution is -2.16. The van der Waals surface area contributed by atoms with Gasteiger partial charge in [0.1, 0.15) is 0 Å². The van der Waals surface area contributed by atoms with Crippen molar-refractivity contribution in [2.24, 2.45) is 16.8 Å². The van der Waals surface area contributed by atoms with Gasteiger partial charge in [0.15, 0.2) is 5.84 Å². The van der Waals surface area contributed by atoms with Crippen LogP contribution >= 0.6 is 0 Å². The first-order chi connectivity index (χ1) is 8.69. The summed E-state index contributed by atoms with van der Waals surface area (Å²) in [4.78, 5) is 4.28. The van der Waals surface area contributed by atoms with Crippen molar-refractivity contribution in [3.63, 3.8) is 0 Å². The zero-order valence-electron chi connectivity index (χ0n) is 10.6. The maximum absolute atomic E-state index is 8.66. The van der Waals surface area contributed by atoms with Crippen molar-refractivity contribution in [1.82, 2.24) is 4.98 Å². The fourth-order valence-corrected chi connectivity index (χ4v) is 2.03. The molecule has 0 amide bonds. The highest BCUT2D eigenvalue weighted by molar-refractivity contribution is 5.97. The lowest BCUT2D eigenvalue weighted by molar-refractivity contribution is 0.217. The van der Waals surface area contributed by atoms with E-state index in [4.69, 9.17) is 15.7 Å². The van der Waals surface area contributed by atoms with Gasteiger partial charge < -0.3 is 15.7 Å². The highest BCUT2D eigenvalue weighted by atomic mass is 16.5. The second kappa shape index (κ2) is 5.71. The molecule has 0 aromatic carbocycles. The molecule has 0 aliphatic heterocycles. The number of oxime groups is 1. The van der Waals surface area contributed by atoms with Gasteiger partial charge in [-0.1, -0.05) is 24.4 Å². The summed E-state index contributed by atoms with van der Waals surface area (Å²) in [6.45, 7) is 2.53. The largest absolute Gasteiger partial charge is 0.478 e. The summed E-state index contributed by atoms with van der Waals surface area (Å²) >= 11 is 0. The molecule has 0 saturated heterocycles. The zero-order chi connectivity index (χ0) is 13.0. The predicted molar refractivity (Wildman–Crippen MR) is 68.9 cm³/mol. The minimum Gasteiger partial charge on any atom is -0.478 e. The van der Waals surface area contributed by atoms with E-state index in [1.165, 1.54) is 19.3 Å². The third-order valence-electron chi connectivity index (χ3n) is 3.33. The number of nitrogens with two attached hydrogens (primary N) is 1. The van der Waals surface area contributed by atoms with Crippen LogP contribution in [0.1, 0.15) is 36.9 Å². The van der Waals surface area contributed by atoms with Crippen molar-refractivity contribution < 1.29 is 9.94 Å². The summed E-state index contributed by atoms with van der Waals surface area (Å²) in [6, 6.07) is 3.46. The van der Waals surface area contributed by atoms with Crippen LogP contribution in [0.25, 0.3) is 0 Å². The van der Waals surface area contributed by atoms with Crippen molar-refractivity contribution in [2.45, 2.75) is 32.6 Å². The Labute approximate surface area is 107 Å². The van der Waals surface area contributed by atoms with E-state index in [1.54, 1.807) is 12.1 Å². The lowest BCUT2D eigenvalue weighted by atomic mass is 9.83. The second-order valence-electron chi connectivity index (χ2n) is 4.75. The summed E-state index contributed by atoms with van der Waals surface area (Å²) in [5.74, 6) is 1.43. The first kappa shape index (κ1) is 12.7. The minimum atomic E-state index is 0.0735. The molecular formula is C13H19N3O2. The van der Waals surface area contributed by atoms with E-state index < -0.39 is 0 Å². The number of nitrogens with zero attached hydrogens (tertiary/aromatic N) is 2. The molecule has 1 saturated carbocycles. The number of amidine groups is 1. The standard InChI is InChI=1S/C13H19N3O2/c1-9-7-11(13(14)16-17)8-12(15-9)18-6-5-10-3-2-4-10/h7-8,10,17H,2-6H2,1H3,(H2,14,16). The average Bonchev–Trinajstić information content (AvgIpc) is 2.30. The van der Waals surface area contributed by atoms with Gasteiger partial charge in [0.25, 0.3) is 0 Å². The highest BCUT2D eigenvalue weighted by Crippen LogP contribution is 2.29. The van der Waals surface area contributed by atoms with Crippen LogP contribution in [0.3, 0.4) is 0 Å². The maximum Gasteiger partial charge on any atom is 0.214 e. The van der Waals surface area contributed by atoms with Crippen LogP contribution in [0.15, 0.2) is 17.3 Å². The molecule has 1 aromatic rings. The molecule has 18 heavy (non-hydrogen) atoms. The number of rotatable bonds is 5. The quantitative estimate of drug-likeness (QED) is 0.362. The number of hydrogen-bond donors (Lipinski definition) is 2. The molecule has 0 spiro atoms. The molecule has 1 aliphatic rings. The topological polar surface area (TPSA) is 80.7 Å². The van der Waals surface area contributed by atoms with Crippen molar-refractivity contribution >= 4 is 5.84 Å². The summed E-state index contributed by atoms with van der Waals surface area (Å²) < 4.78 is 5.63. The average molecular weight is 249 g/mol. The summed E-state index contributed by atoms with van der Waals surface area (Å²) in [6.07, 6.45) is 5.06. The van der Waals surface area contributed by atoms with Crippen LogP contribution < -0.4 is 10.5 Å². The monoisotopic (exact) mass is 249 g/mol. The van der Waals surface area contributed by atoms with E-state index in [2.05, 4.69) is 10.1 Å². The number of aryl methyl sites for hydroxylation is 1. The van der Waals surface area contributed by atoms with Crippen LogP contribution in [-0.4, -0.2) is 22.6 Å². The van der Waals surface area contributed by atoms with Gasteiger partial charge in [-0.25, -0.2) is 4.98 Å². The van der Waals surface area contributed by atoms with Crippen molar-refractivity contribution in [2.75, 3.05) is 6.61 Å². The van der Waals surface area contributed by atoms with Gasteiger partial charge in [0.05, 0.1) is 6.61 Å². The third-order valence-corrected chi connectivity index (χ3v) is 3.33. The Morgan fingerprint density at radius 3 is 2.94 bits per heavy atom. The molecule has 3 N–H and O–H groups in total. The number of pyridine rings is 1. The number of hydrogen-bond acceptors (Lipinski definition) is 4. The van der Waals surface area contributed by atoms with Gasteiger partial charge in [0.2, 0.25) is 5.88 Å². The van der Waals surface area contributed by atoms with Crippen LogP contribution in [0, 0.1) is 12.8 Å². The Morgan fingerprint density at radius 2 is 2.33 bits per heavy atom. The van der Waals surface area contributed by atoms with Crippen LogP contribution in [0.4, 0.5) is 0 Å². The molecule has 2 rings (SSSR count). The van der Waals surface area contributed by atoms with E-state index in [0.29, 0.717) is 18.1 Å². The predicted octanol–water partition coefficient (Wildman–Crippen LogP) is 2.05. The van der Waals surface area contributed by atoms with E-state index in [-0.39, 0.29) is 5.84 Å². The molecule has 0 bridgehead atoms. The molecule has 1 aromatic heterocycles. The van der Waals surface area contributed by atoms with Gasteiger partial charge in [-0.3, -0.25) is 0 Å². The number of aromatic nitrogens is 1. The maximum atomic E-state index is 8.66. The van der Waals surface area contributed by atoms with Gasteiger partial charge in [-0.15, -0.1) is 0 Å². The summed E-state index contributed by atoms with van der Waals surface area (Å²) in [7, 11) is 0. The smallest absolute Gasteiger partial charge is 0.214 e. The normalized spacial score (nSPS) is 16.4. The SMILES string of the molecule is Cc1cc(/C(N)=N/O)cc(OCCC2CCC2)n1.